The molecule has 0 saturated carbocycles. The summed E-state index contributed by atoms with van der Waals surface area (Å²) in [5.41, 5.74) is 6.72. The number of likely N-dealkylation sites (N-methyl/N-ethyl adjacent to an activating group) is 2. The molecule has 0 N–H and O–H groups in total. The van der Waals surface area contributed by atoms with E-state index in [4.69, 9.17) is 14.3 Å². The number of carbonyl (C=O) groups excluding carboxylic acids is 3. The number of hydrogen-bond donors (Lipinski definition) is 0. The fourth-order valence-corrected chi connectivity index (χ4v) is 3.86. The monoisotopic (exact) mass is 516 g/mol. The van der Waals surface area contributed by atoms with Gasteiger partial charge in [0.25, 0.3) is 5.91 Å². The van der Waals surface area contributed by atoms with E-state index in [0.29, 0.717) is 6.61 Å². The Kier molecular flexibility index (Phi) is 14.7. The van der Waals surface area contributed by atoms with Gasteiger partial charge in [-0.2, -0.15) is 0 Å². The van der Waals surface area contributed by atoms with Crippen molar-refractivity contribution in [3.63, 3.8) is 0 Å². The third kappa shape index (κ3) is 10.5. The second kappa shape index (κ2) is 17.4. The van der Waals surface area contributed by atoms with Crippen molar-refractivity contribution in [2.75, 3.05) is 32.1 Å². The first-order valence-corrected chi connectivity index (χ1v) is 12.4. The fourth-order valence-electron chi connectivity index (χ4n) is 3.86. The Morgan fingerprint density at radius 2 is 1.45 bits per heavy atom. The first kappa shape index (κ1) is 32.0. The number of amides is 1. The first-order valence-electron chi connectivity index (χ1n) is 12.4. The zero-order valence-electron chi connectivity index (χ0n) is 23.3. The maximum atomic E-state index is 12.9. The van der Waals surface area contributed by atoms with Gasteiger partial charge in [-0.25, -0.2) is 0 Å². The Morgan fingerprint density at radius 3 is 2.00 bits per heavy atom. The van der Waals surface area contributed by atoms with E-state index in [1.807, 2.05) is 75.2 Å². The molecule has 0 unspecified atom stereocenters. The summed E-state index contributed by atoms with van der Waals surface area (Å²) >= 11 is 0. The molecular weight excluding hydrogens is 476 g/mol. The highest BCUT2D eigenvalue weighted by Gasteiger charge is 2.22. The van der Waals surface area contributed by atoms with Gasteiger partial charge in [0.1, 0.15) is 25.9 Å². The third-order valence-corrected chi connectivity index (χ3v) is 6.00. The molecule has 1 aliphatic heterocycles. The number of nitrogens with zero attached hydrogens (tertiary/aromatic N) is 2. The van der Waals surface area contributed by atoms with Crippen LogP contribution < -0.4 is 9.64 Å². The second-order valence-corrected chi connectivity index (χ2v) is 9.04. The zero-order chi connectivity index (χ0) is 28.5. The van der Waals surface area contributed by atoms with Gasteiger partial charge in [0.15, 0.2) is 0 Å². The average Bonchev–Trinajstić information content (AvgIpc) is 2.96. The smallest absolute Gasteiger partial charge is 0.253 e. The van der Waals surface area contributed by atoms with E-state index >= 15 is 0 Å². The molecular formula is C32H40N2O4. The maximum Gasteiger partial charge on any atom is 0.253 e. The largest absolute Gasteiger partial charge is 0.489 e. The Bertz CT molecular complexity index is 1120. The lowest BCUT2D eigenvalue weighted by Gasteiger charge is -2.28. The minimum absolute atomic E-state index is 0.0795. The minimum atomic E-state index is 0.0795. The van der Waals surface area contributed by atoms with Gasteiger partial charge in [-0.05, 0) is 51.9 Å². The van der Waals surface area contributed by atoms with Crippen LogP contribution in [0.25, 0.3) is 0 Å². The fraction of sp³-hybridized carbons (Fsp3) is 0.281. The van der Waals surface area contributed by atoms with E-state index < -0.39 is 0 Å². The Labute approximate surface area is 227 Å². The lowest BCUT2D eigenvalue weighted by Crippen LogP contribution is -2.35. The van der Waals surface area contributed by atoms with Gasteiger partial charge in [-0.3, -0.25) is 4.79 Å². The molecule has 0 bridgehead atoms. The molecule has 6 heteroatoms. The van der Waals surface area contributed by atoms with Crippen LogP contribution in [-0.2, 0) is 21.0 Å². The van der Waals surface area contributed by atoms with Crippen molar-refractivity contribution >= 4 is 25.2 Å². The van der Waals surface area contributed by atoms with Gasteiger partial charge in [0.2, 0.25) is 0 Å². The molecule has 0 spiro atoms. The average molecular weight is 517 g/mol. The number of carbonyl (C=O) groups is 3. The molecule has 38 heavy (non-hydrogen) atoms. The highest BCUT2D eigenvalue weighted by atomic mass is 16.5. The zero-order valence-corrected chi connectivity index (χ0v) is 23.3. The van der Waals surface area contributed by atoms with Gasteiger partial charge < -0.3 is 24.1 Å². The van der Waals surface area contributed by atoms with Gasteiger partial charge in [0.05, 0.1) is 0 Å². The van der Waals surface area contributed by atoms with Crippen LogP contribution in [0.3, 0.4) is 0 Å². The summed E-state index contributed by atoms with van der Waals surface area (Å²) in [5.74, 6) is 0.843. The molecule has 0 saturated heterocycles. The number of ether oxygens (including phenoxy) is 1. The topological polar surface area (TPSA) is 66.9 Å². The van der Waals surface area contributed by atoms with Crippen LogP contribution in [0.5, 0.6) is 5.75 Å². The molecule has 3 aromatic carbocycles. The summed E-state index contributed by atoms with van der Waals surface area (Å²) in [6, 6.07) is 26.3. The van der Waals surface area contributed by atoms with Crippen LogP contribution in [-0.4, -0.2) is 51.6 Å². The summed E-state index contributed by atoms with van der Waals surface area (Å²) in [4.78, 5) is 32.9. The SMILES string of the molecule is C=O.C=O.CC1=C(C(=O)N(C)c2cccc(OCc3ccccc3)c2)CCN(C)C1.Cc1ccc(C)cc1. The minimum Gasteiger partial charge on any atom is -0.489 e. The Morgan fingerprint density at radius 1 is 0.868 bits per heavy atom. The van der Waals surface area contributed by atoms with Crippen molar-refractivity contribution < 1.29 is 19.1 Å². The van der Waals surface area contributed by atoms with Crippen molar-refractivity contribution in [1.82, 2.24) is 4.90 Å². The summed E-state index contributed by atoms with van der Waals surface area (Å²) in [6.07, 6.45) is 0.801. The van der Waals surface area contributed by atoms with Crippen molar-refractivity contribution in [3.8, 4) is 5.75 Å². The van der Waals surface area contributed by atoms with Crippen LogP contribution >= 0.6 is 0 Å². The van der Waals surface area contributed by atoms with E-state index in [2.05, 4.69) is 57.0 Å². The van der Waals surface area contributed by atoms with Crippen LogP contribution in [0, 0.1) is 13.8 Å². The Balaban J connectivity index is 0.000000505. The van der Waals surface area contributed by atoms with E-state index in [9.17, 15) is 4.79 Å². The lowest BCUT2D eigenvalue weighted by molar-refractivity contribution is -0.115. The van der Waals surface area contributed by atoms with Gasteiger partial charge in [-0.1, -0.05) is 77.4 Å². The molecule has 0 aliphatic carbocycles. The molecule has 202 valence electrons. The van der Waals surface area contributed by atoms with Crippen LogP contribution in [0.4, 0.5) is 5.69 Å². The quantitative estimate of drug-likeness (QED) is 0.428. The second-order valence-electron chi connectivity index (χ2n) is 9.04. The van der Waals surface area contributed by atoms with Gasteiger partial charge in [-0.15, -0.1) is 0 Å². The van der Waals surface area contributed by atoms with Crippen LogP contribution in [0.15, 0.2) is 90.0 Å². The normalized spacial score (nSPS) is 12.4. The van der Waals surface area contributed by atoms with Crippen LogP contribution in [0.2, 0.25) is 0 Å². The molecule has 6 nitrogen and oxygen atoms in total. The predicted molar refractivity (Wildman–Crippen MR) is 156 cm³/mol. The summed E-state index contributed by atoms with van der Waals surface area (Å²) in [7, 11) is 3.92. The van der Waals surface area contributed by atoms with Crippen molar-refractivity contribution in [1.29, 1.82) is 0 Å². The molecule has 0 atom stereocenters. The number of aryl methyl sites for hydroxylation is 2. The third-order valence-electron chi connectivity index (χ3n) is 6.00. The maximum absolute atomic E-state index is 12.9. The highest BCUT2D eigenvalue weighted by Crippen LogP contribution is 2.25. The number of rotatable bonds is 5. The first-order chi connectivity index (χ1) is 18.3. The molecule has 1 aliphatic rings. The van der Waals surface area contributed by atoms with Crippen molar-refractivity contribution in [2.24, 2.45) is 0 Å². The van der Waals surface area contributed by atoms with Crippen molar-refractivity contribution in [3.05, 3.63) is 107 Å². The number of hydrogen-bond acceptors (Lipinski definition) is 5. The van der Waals surface area contributed by atoms with E-state index in [-0.39, 0.29) is 5.91 Å². The van der Waals surface area contributed by atoms with Crippen LogP contribution in [0.1, 0.15) is 30.0 Å². The number of benzene rings is 3. The molecule has 4 rings (SSSR count). The van der Waals surface area contributed by atoms with E-state index in [1.165, 1.54) is 11.1 Å². The molecule has 1 heterocycles. The number of anilines is 1. The van der Waals surface area contributed by atoms with E-state index in [1.54, 1.807) is 4.90 Å². The molecule has 0 radical (unpaired) electrons. The molecule has 0 fully saturated rings. The summed E-state index contributed by atoms with van der Waals surface area (Å²) < 4.78 is 5.89. The predicted octanol–water partition coefficient (Wildman–Crippen LogP) is 5.81. The van der Waals surface area contributed by atoms with Crippen molar-refractivity contribution in [2.45, 2.75) is 33.8 Å². The lowest BCUT2D eigenvalue weighted by atomic mass is 10.00. The van der Waals surface area contributed by atoms with Gasteiger partial charge in [0, 0.05) is 37.5 Å². The molecule has 0 aromatic heterocycles. The summed E-state index contributed by atoms with van der Waals surface area (Å²) in [5, 5.41) is 0. The Hall–Kier alpha value is -4.03. The molecule has 1 amide bonds. The standard InChI is InChI=1S/C22H26N2O2.C8H10.2CH2O/c1-17-15-23(2)13-12-21(17)22(25)24(3)19-10-7-11-20(14-19)26-16-18-8-5-4-6-9-18;1-7-3-5-8(2)6-4-7;2*1-2/h4-11,14H,12-13,15-16H2,1-3H3;3-6H,1-2H3;2*1H2. The summed E-state index contributed by atoms with van der Waals surface area (Å²) in [6.45, 7) is 12.5. The highest BCUT2D eigenvalue weighted by molar-refractivity contribution is 6.05. The molecule has 3 aromatic rings. The van der Waals surface area contributed by atoms with E-state index in [0.717, 1.165) is 47.7 Å². The van der Waals surface area contributed by atoms with Gasteiger partial charge >= 0.3 is 0 Å².